The second-order valence-corrected chi connectivity index (χ2v) is 8.63. The Bertz CT molecular complexity index is 1200. The molecule has 1 heterocycles. The van der Waals surface area contributed by atoms with Crippen molar-refractivity contribution in [2.24, 2.45) is 5.10 Å². The van der Waals surface area contributed by atoms with Crippen LogP contribution in [0.15, 0.2) is 64.2 Å². The summed E-state index contributed by atoms with van der Waals surface area (Å²) >= 11 is 9.49. The maximum Gasteiger partial charge on any atom is 0.244 e. The molecule has 1 N–H and O–H groups in total. The first-order chi connectivity index (χ1) is 16.5. The highest BCUT2D eigenvalue weighted by molar-refractivity contribution is 9.10. The largest absolute Gasteiger partial charge is 0.490 e. The number of amides is 1. The Morgan fingerprint density at radius 1 is 1.09 bits per heavy atom. The van der Waals surface area contributed by atoms with Crippen molar-refractivity contribution in [3.05, 3.63) is 80.8 Å². The Balaban J connectivity index is 1.38. The van der Waals surface area contributed by atoms with E-state index in [1.807, 2.05) is 43.3 Å². The molecule has 0 bridgehead atoms. The van der Waals surface area contributed by atoms with E-state index in [0.717, 1.165) is 16.7 Å². The van der Waals surface area contributed by atoms with Gasteiger partial charge in [-0.15, -0.1) is 0 Å². The zero-order chi connectivity index (χ0) is 23.9. The fourth-order valence-electron chi connectivity index (χ4n) is 3.26. The van der Waals surface area contributed by atoms with Gasteiger partial charge in [0.1, 0.15) is 6.61 Å². The van der Waals surface area contributed by atoms with Crippen molar-refractivity contribution < 1.29 is 23.7 Å². The summed E-state index contributed by atoms with van der Waals surface area (Å²) in [7, 11) is 0. The molecule has 176 valence electrons. The van der Waals surface area contributed by atoms with Crippen LogP contribution in [0.25, 0.3) is 0 Å². The Kier molecular flexibility index (Phi) is 7.92. The van der Waals surface area contributed by atoms with Crippen LogP contribution >= 0.6 is 27.5 Å². The van der Waals surface area contributed by atoms with Crippen molar-refractivity contribution in [3.63, 3.8) is 0 Å². The number of hydrazone groups is 1. The van der Waals surface area contributed by atoms with Gasteiger partial charge in [-0.3, -0.25) is 4.79 Å². The number of carbonyl (C=O) groups is 1. The molecule has 0 fully saturated rings. The summed E-state index contributed by atoms with van der Waals surface area (Å²) in [6.45, 7) is 2.92. The predicted molar refractivity (Wildman–Crippen MR) is 133 cm³/mol. The van der Waals surface area contributed by atoms with Crippen molar-refractivity contribution in [1.82, 2.24) is 5.43 Å². The lowest BCUT2D eigenvalue weighted by atomic mass is 10.1. The minimum absolute atomic E-state index is 0.166. The van der Waals surface area contributed by atoms with Gasteiger partial charge in [-0.1, -0.05) is 29.8 Å². The maximum absolute atomic E-state index is 12.3. The van der Waals surface area contributed by atoms with E-state index in [1.165, 1.54) is 0 Å². The van der Waals surface area contributed by atoms with E-state index >= 15 is 0 Å². The zero-order valence-corrected chi connectivity index (χ0v) is 20.7. The molecule has 1 amide bonds. The number of hydrogen-bond donors (Lipinski definition) is 1. The SMILES string of the molecule is CCOc1cc(/C=N\NC(=O)Cc2ccc3c(c2)OCO3)cc(Br)c1OCc1ccc(Cl)cc1. The van der Waals surface area contributed by atoms with Gasteiger partial charge in [0.2, 0.25) is 12.7 Å². The second kappa shape index (κ2) is 11.3. The number of nitrogens with zero attached hydrogens (tertiary/aromatic N) is 1. The number of rotatable bonds is 9. The van der Waals surface area contributed by atoms with Gasteiger partial charge in [0.05, 0.1) is 23.7 Å². The number of hydrogen-bond acceptors (Lipinski definition) is 6. The van der Waals surface area contributed by atoms with Gasteiger partial charge in [0, 0.05) is 5.02 Å². The Morgan fingerprint density at radius 3 is 2.65 bits per heavy atom. The Labute approximate surface area is 210 Å². The van der Waals surface area contributed by atoms with Gasteiger partial charge in [0.15, 0.2) is 23.0 Å². The van der Waals surface area contributed by atoms with E-state index in [-0.39, 0.29) is 19.1 Å². The second-order valence-electron chi connectivity index (χ2n) is 7.34. The molecular formula is C25H22BrClN2O5. The van der Waals surface area contributed by atoms with Gasteiger partial charge in [-0.25, -0.2) is 5.43 Å². The van der Waals surface area contributed by atoms with Crippen molar-refractivity contribution in [1.29, 1.82) is 0 Å². The summed E-state index contributed by atoms with van der Waals surface area (Å²) in [5, 5.41) is 4.75. The number of benzene rings is 3. The molecule has 1 aliphatic heterocycles. The first-order valence-electron chi connectivity index (χ1n) is 10.6. The molecule has 7 nitrogen and oxygen atoms in total. The molecular weight excluding hydrogens is 524 g/mol. The number of fused-ring (bicyclic) bond motifs is 1. The molecule has 1 aliphatic rings. The highest BCUT2D eigenvalue weighted by Gasteiger charge is 2.15. The van der Waals surface area contributed by atoms with Crippen LogP contribution in [0.1, 0.15) is 23.6 Å². The molecule has 4 rings (SSSR count). The average Bonchev–Trinajstić information content (AvgIpc) is 3.28. The van der Waals surface area contributed by atoms with Gasteiger partial charge in [-0.05, 0) is 75.9 Å². The minimum Gasteiger partial charge on any atom is -0.490 e. The molecule has 0 saturated carbocycles. The van der Waals surface area contributed by atoms with E-state index in [9.17, 15) is 4.79 Å². The Morgan fingerprint density at radius 2 is 1.85 bits per heavy atom. The smallest absolute Gasteiger partial charge is 0.244 e. The van der Waals surface area contributed by atoms with Crippen LogP contribution in [0.4, 0.5) is 0 Å². The fraction of sp³-hybridized carbons (Fsp3) is 0.200. The third-order valence-corrected chi connectivity index (χ3v) is 5.67. The molecule has 0 unspecified atom stereocenters. The first kappa shape index (κ1) is 23.9. The monoisotopic (exact) mass is 544 g/mol. The fourth-order valence-corrected chi connectivity index (χ4v) is 3.96. The highest BCUT2D eigenvalue weighted by atomic mass is 79.9. The maximum atomic E-state index is 12.3. The van der Waals surface area contributed by atoms with Crippen molar-refractivity contribution >= 4 is 39.7 Å². The van der Waals surface area contributed by atoms with Crippen LogP contribution in [0.5, 0.6) is 23.0 Å². The topological polar surface area (TPSA) is 78.4 Å². The highest BCUT2D eigenvalue weighted by Crippen LogP contribution is 2.37. The summed E-state index contributed by atoms with van der Waals surface area (Å²) < 4.78 is 23.1. The molecule has 0 spiro atoms. The summed E-state index contributed by atoms with van der Waals surface area (Å²) in [5.41, 5.74) is 5.07. The number of halogens is 2. The third-order valence-electron chi connectivity index (χ3n) is 4.83. The Hall–Kier alpha value is -3.23. The lowest BCUT2D eigenvalue weighted by Crippen LogP contribution is -2.19. The number of ether oxygens (including phenoxy) is 4. The van der Waals surface area contributed by atoms with Crippen LogP contribution < -0.4 is 24.4 Å². The average molecular weight is 546 g/mol. The quantitative estimate of drug-likeness (QED) is 0.284. The predicted octanol–water partition coefficient (Wildman–Crippen LogP) is 5.50. The standard InChI is InChI=1S/C25H22BrClN2O5/c1-2-31-23-11-18(9-20(26)25(23)32-14-16-3-6-19(27)7-4-16)13-28-29-24(30)12-17-5-8-21-22(10-17)34-15-33-21/h3-11,13H,2,12,14-15H2,1H3,(H,29,30)/b28-13-. The van der Waals surface area contributed by atoms with Crippen molar-refractivity contribution in [2.75, 3.05) is 13.4 Å². The van der Waals surface area contributed by atoms with Gasteiger partial charge < -0.3 is 18.9 Å². The normalized spacial score (nSPS) is 12.1. The lowest BCUT2D eigenvalue weighted by molar-refractivity contribution is -0.120. The van der Waals surface area contributed by atoms with E-state index < -0.39 is 0 Å². The molecule has 0 aromatic heterocycles. The molecule has 34 heavy (non-hydrogen) atoms. The van der Waals surface area contributed by atoms with Gasteiger partial charge in [0.25, 0.3) is 0 Å². The number of nitrogens with one attached hydrogen (secondary N) is 1. The zero-order valence-electron chi connectivity index (χ0n) is 18.3. The number of carbonyl (C=O) groups excluding carboxylic acids is 1. The molecule has 0 saturated heterocycles. The minimum atomic E-state index is -0.248. The summed E-state index contributed by atoms with van der Waals surface area (Å²) in [6.07, 6.45) is 1.72. The van der Waals surface area contributed by atoms with E-state index in [1.54, 1.807) is 24.4 Å². The molecule has 0 radical (unpaired) electrons. The van der Waals surface area contributed by atoms with Gasteiger partial charge in [-0.2, -0.15) is 5.10 Å². The van der Waals surface area contributed by atoms with Crippen LogP contribution in [0.2, 0.25) is 5.02 Å². The van der Waals surface area contributed by atoms with E-state index in [2.05, 4.69) is 26.5 Å². The van der Waals surface area contributed by atoms with Crippen molar-refractivity contribution in [3.8, 4) is 23.0 Å². The summed E-state index contributed by atoms with van der Waals surface area (Å²) in [4.78, 5) is 12.3. The van der Waals surface area contributed by atoms with Crippen LogP contribution in [0.3, 0.4) is 0 Å². The lowest BCUT2D eigenvalue weighted by Gasteiger charge is -2.14. The van der Waals surface area contributed by atoms with E-state index in [4.69, 9.17) is 30.5 Å². The van der Waals surface area contributed by atoms with Crippen LogP contribution in [-0.2, 0) is 17.8 Å². The van der Waals surface area contributed by atoms with Crippen LogP contribution in [0, 0.1) is 0 Å². The van der Waals surface area contributed by atoms with E-state index in [0.29, 0.717) is 45.7 Å². The molecule has 9 heteroatoms. The molecule has 0 atom stereocenters. The summed E-state index contributed by atoms with van der Waals surface area (Å²) in [6, 6.07) is 16.5. The van der Waals surface area contributed by atoms with Crippen molar-refractivity contribution in [2.45, 2.75) is 20.0 Å². The van der Waals surface area contributed by atoms with Crippen LogP contribution in [-0.4, -0.2) is 25.5 Å². The molecule has 3 aromatic rings. The molecule has 3 aromatic carbocycles. The molecule has 0 aliphatic carbocycles. The summed E-state index contributed by atoms with van der Waals surface area (Å²) in [5.74, 6) is 2.22. The van der Waals surface area contributed by atoms with Gasteiger partial charge >= 0.3 is 0 Å². The first-order valence-corrected chi connectivity index (χ1v) is 11.7. The third kappa shape index (κ3) is 6.21.